The number of methoxy groups -OCH3 is 1. The van der Waals surface area contributed by atoms with Crippen LogP contribution in [0.5, 0.6) is 5.75 Å². The molecule has 0 saturated heterocycles. The van der Waals surface area contributed by atoms with Crippen LogP contribution >= 0.6 is 0 Å². The lowest BCUT2D eigenvalue weighted by Crippen LogP contribution is -2.02. The van der Waals surface area contributed by atoms with E-state index in [4.69, 9.17) is 4.74 Å². The molecule has 0 spiro atoms. The Morgan fingerprint density at radius 3 is 2.62 bits per heavy atom. The van der Waals surface area contributed by atoms with Crippen LogP contribution in [0.15, 0.2) is 60.8 Å². The van der Waals surface area contributed by atoms with Crippen molar-refractivity contribution in [2.24, 2.45) is 0 Å². The maximum atomic E-state index is 13.7. The third-order valence-corrected chi connectivity index (χ3v) is 4.79. The molecule has 1 aromatic heterocycles. The van der Waals surface area contributed by atoms with Gasteiger partial charge < -0.3 is 4.74 Å². The molecule has 0 aliphatic carbocycles. The van der Waals surface area contributed by atoms with Crippen LogP contribution in [0.1, 0.15) is 11.3 Å². The van der Waals surface area contributed by atoms with Crippen molar-refractivity contribution in [3.8, 4) is 11.4 Å². The molecule has 0 aliphatic rings. The van der Waals surface area contributed by atoms with Gasteiger partial charge in [0.1, 0.15) is 0 Å². The summed E-state index contributed by atoms with van der Waals surface area (Å²) in [5.41, 5.74) is 2.37. The lowest BCUT2D eigenvalue weighted by Gasteiger charge is -2.05. The summed E-state index contributed by atoms with van der Waals surface area (Å²) < 4.78 is 32.6. The minimum atomic E-state index is -1.17. The molecule has 3 rings (SSSR count). The van der Waals surface area contributed by atoms with E-state index in [9.17, 15) is 8.60 Å². The van der Waals surface area contributed by atoms with E-state index in [1.807, 2.05) is 42.6 Å². The van der Waals surface area contributed by atoms with E-state index in [1.165, 1.54) is 13.2 Å². The van der Waals surface area contributed by atoms with Crippen molar-refractivity contribution in [3.05, 3.63) is 77.9 Å². The Bertz CT molecular complexity index is 849. The van der Waals surface area contributed by atoms with Crippen LogP contribution in [0.25, 0.3) is 5.69 Å². The second-order valence-electron chi connectivity index (χ2n) is 5.28. The average Bonchev–Trinajstić information content (AvgIpc) is 3.04. The van der Waals surface area contributed by atoms with E-state index in [0.29, 0.717) is 11.3 Å². The Kier molecular flexibility index (Phi) is 5.05. The third kappa shape index (κ3) is 3.89. The Hall–Kier alpha value is -2.47. The molecule has 3 aromatic rings. The maximum absolute atomic E-state index is 13.7. The number of para-hydroxylation sites is 1. The van der Waals surface area contributed by atoms with E-state index >= 15 is 0 Å². The first-order valence-corrected chi connectivity index (χ1v) is 8.92. The van der Waals surface area contributed by atoms with Gasteiger partial charge in [-0.05, 0) is 35.9 Å². The molecule has 1 unspecified atom stereocenters. The monoisotopic (exact) mass is 344 g/mol. The Morgan fingerprint density at radius 1 is 1.12 bits per heavy atom. The van der Waals surface area contributed by atoms with E-state index in [-0.39, 0.29) is 11.5 Å². The molecule has 0 amide bonds. The third-order valence-electron chi connectivity index (χ3n) is 3.52. The van der Waals surface area contributed by atoms with Gasteiger partial charge in [0, 0.05) is 22.7 Å². The summed E-state index contributed by atoms with van der Waals surface area (Å²) >= 11 is 0. The molecule has 124 valence electrons. The topological polar surface area (TPSA) is 44.1 Å². The van der Waals surface area contributed by atoms with Crippen molar-refractivity contribution < 1.29 is 13.3 Å². The van der Waals surface area contributed by atoms with Crippen molar-refractivity contribution in [1.29, 1.82) is 0 Å². The first-order chi connectivity index (χ1) is 11.7. The van der Waals surface area contributed by atoms with Gasteiger partial charge in [-0.2, -0.15) is 5.10 Å². The predicted octanol–water partition coefficient (Wildman–Crippen LogP) is 3.47. The predicted molar refractivity (Wildman–Crippen MR) is 92.1 cm³/mol. The summed E-state index contributed by atoms with van der Waals surface area (Å²) in [5, 5.41) is 4.44. The molecule has 24 heavy (non-hydrogen) atoms. The molecule has 0 aliphatic heterocycles. The molecule has 0 saturated carbocycles. The minimum Gasteiger partial charge on any atom is -0.494 e. The molecule has 0 bridgehead atoms. The van der Waals surface area contributed by atoms with Crippen LogP contribution in [0.2, 0.25) is 0 Å². The fraction of sp³-hybridized carbons (Fsp3) is 0.167. The second kappa shape index (κ2) is 7.40. The average molecular weight is 344 g/mol. The van der Waals surface area contributed by atoms with Gasteiger partial charge in [-0.3, -0.25) is 4.21 Å². The Labute approximate surface area is 142 Å². The van der Waals surface area contributed by atoms with Crippen molar-refractivity contribution in [2.75, 3.05) is 7.11 Å². The zero-order valence-electron chi connectivity index (χ0n) is 13.2. The molecule has 1 atom stereocenters. The Morgan fingerprint density at radius 2 is 1.92 bits per heavy atom. The largest absolute Gasteiger partial charge is 0.494 e. The van der Waals surface area contributed by atoms with Gasteiger partial charge in [0.2, 0.25) is 0 Å². The molecule has 2 aromatic carbocycles. The highest BCUT2D eigenvalue weighted by molar-refractivity contribution is 7.83. The van der Waals surface area contributed by atoms with Crippen LogP contribution < -0.4 is 4.74 Å². The van der Waals surface area contributed by atoms with Crippen LogP contribution in [-0.2, 0) is 22.3 Å². The summed E-state index contributed by atoms with van der Waals surface area (Å²) in [4.78, 5) is 0. The van der Waals surface area contributed by atoms with E-state index in [2.05, 4.69) is 5.10 Å². The van der Waals surface area contributed by atoms with Crippen LogP contribution in [-0.4, -0.2) is 21.1 Å². The van der Waals surface area contributed by atoms with Crippen LogP contribution in [0, 0.1) is 5.82 Å². The van der Waals surface area contributed by atoms with Gasteiger partial charge in [0.15, 0.2) is 11.6 Å². The number of halogens is 1. The summed E-state index contributed by atoms with van der Waals surface area (Å²) in [7, 11) is 0.251. The molecule has 1 heterocycles. The van der Waals surface area contributed by atoms with Gasteiger partial charge in [0.05, 0.1) is 24.2 Å². The van der Waals surface area contributed by atoms with E-state index in [1.54, 1.807) is 16.8 Å². The van der Waals surface area contributed by atoms with Gasteiger partial charge in [0.25, 0.3) is 0 Å². The minimum absolute atomic E-state index is 0.186. The normalized spacial score (nSPS) is 12.1. The summed E-state index contributed by atoms with van der Waals surface area (Å²) in [6.07, 6.45) is 1.84. The number of aromatic nitrogens is 2. The van der Waals surface area contributed by atoms with Crippen LogP contribution in [0.3, 0.4) is 0 Å². The van der Waals surface area contributed by atoms with Crippen molar-refractivity contribution in [2.45, 2.75) is 11.5 Å². The van der Waals surface area contributed by atoms with Gasteiger partial charge in [-0.15, -0.1) is 0 Å². The van der Waals surface area contributed by atoms with Crippen molar-refractivity contribution in [3.63, 3.8) is 0 Å². The smallest absolute Gasteiger partial charge is 0.165 e. The van der Waals surface area contributed by atoms with E-state index < -0.39 is 16.6 Å². The fourth-order valence-corrected chi connectivity index (χ4v) is 3.50. The van der Waals surface area contributed by atoms with Crippen LogP contribution in [0.4, 0.5) is 4.39 Å². The quantitative estimate of drug-likeness (QED) is 0.688. The lowest BCUT2D eigenvalue weighted by molar-refractivity contribution is 0.386. The number of hydrogen-bond donors (Lipinski definition) is 0. The molecular formula is C18H17FN2O2S. The maximum Gasteiger partial charge on any atom is 0.165 e. The number of benzene rings is 2. The van der Waals surface area contributed by atoms with E-state index in [0.717, 1.165) is 11.4 Å². The number of hydrogen-bond acceptors (Lipinski definition) is 3. The number of rotatable bonds is 6. The fourth-order valence-electron chi connectivity index (χ4n) is 2.36. The van der Waals surface area contributed by atoms with Gasteiger partial charge >= 0.3 is 0 Å². The molecular weight excluding hydrogens is 327 g/mol. The zero-order chi connectivity index (χ0) is 16.9. The molecule has 0 fully saturated rings. The first-order valence-electron chi connectivity index (χ1n) is 7.43. The van der Waals surface area contributed by atoms with Gasteiger partial charge in [-0.1, -0.05) is 24.3 Å². The SMILES string of the molecule is COc1ccc(CS(=O)Cc2ccn(-c3ccccc3)n2)cc1F. The van der Waals surface area contributed by atoms with Crippen molar-refractivity contribution in [1.82, 2.24) is 9.78 Å². The lowest BCUT2D eigenvalue weighted by atomic mass is 10.2. The molecule has 4 nitrogen and oxygen atoms in total. The second-order valence-corrected chi connectivity index (χ2v) is 6.74. The first kappa shape index (κ1) is 16.4. The molecule has 6 heteroatoms. The highest BCUT2D eigenvalue weighted by Crippen LogP contribution is 2.19. The van der Waals surface area contributed by atoms with Crippen molar-refractivity contribution >= 4 is 10.8 Å². The number of nitrogens with zero attached hydrogens (tertiary/aromatic N) is 2. The molecule has 0 radical (unpaired) electrons. The summed E-state index contributed by atoms with van der Waals surface area (Å²) in [6, 6.07) is 16.2. The highest BCUT2D eigenvalue weighted by atomic mass is 32.2. The summed E-state index contributed by atoms with van der Waals surface area (Å²) in [5.74, 6) is 0.346. The Balaban J connectivity index is 1.65. The number of ether oxygens (including phenoxy) is 1. The zero-order valence-corrected chi connectivity index (χ0v) is 14.0. The highest BCUT2D eigenvalue weighted by Gasteiger charge is 2.09. The van der Waals surface area contributed by atoms with Gasteiger partial charge in [-0.25, -0.2) is 9.07 Å². The standard InChI is InChI=1S/C18H17FN2O2S/c1-23-18-8-7-14(11-17(18)19)12-24(22)13-15-9-10-21(20-15)16-5-3-2-4-6-16/h2-11H,12-13H2,1H3. The molecule has 0 N–H and O–H groups in total. The summed E-state index contributed by atoms with van der Waals surface area (Å²) in [6.45, 7) is 0.